The SMILES string of the molecule is O=C1CCc2ccc(O)cc21.O=C1CCc2ccc(OCc3ccccc3)cc21. The van der Waals surface area contributed by atoms with Gasteiger partial charge >= 0.3 is 0 Å². The molecule has 4 nitrogen and oxygen atoms in total. The van der Waals surface area contributed by atoms with E-state index in [-0.39, 0.29) is 17.3 Å². The lowest BCUT2D eigenvalue weighted by atomic mass is 10.1. The summed E-state index contributed by atoms with van der Waals surface area (Å²) in [6, 6.07) is 20.8. The zero-order valence-electron chi connectivity index (χ0n) is 16.1. The van der Waals surface area contributed by atoms with Gasteiger partial charge < -0.3 is 9.84 Å². The van der Waals surface area contributed by atoms with E-state index >= 15 is 0 Å². The van der Waals surface area contributed by atoms with E-state index in [1.165, 1.54) is 0 Å². The molecule has 0 atom stereocenters. The predicted molar refractivity (Wildman–Crippen MR) is 111 cm³/mol. The number of carbonyl (C=O) groups excluding carboxylic acids is 2. The lowest BCUT2D eigenvalue weighted by molar-refractivity contribution is 0.0986. The molecule has 0 unspecified atom stereocenters. The van der Waals surface area contributed by atoms with Crippen LogP contribution in [0.15, 0.2) is 66.7 Å². The molecule has 146 valence electrons. The first-order valence-electron chi connectivity index (χ1n) is 9.78. The molecule has 0 aromatic heterocycles. The molecule has 0 fully saturated rings. The summed E-state index contributed by atoms with van der Waals surface area (Å²) in [4.78, 5) is 22.7. The molecule has 0 amide bonds. The monoisotopic (exact) mass is 386 g/mol. The number of ketones is 2. The van der Waals surface area contributed by atoms with Gasteiger partial charge in [0.2, 0.25) is 0 Å². The molecule has 0 radical (unpaired) electrons. The van der Waals surface area contributed by atoms with Crippen LogP contribution in [0.4, 0.5) is 0 Å². The van der Waals surface area contributed by atoms with Crippen molar-refractivity contribution < 1.29 is 19.4 Å². The van der Waals surface area contributed by atoms with Crippen LogP contribution in [-0.4, -0.2) is 16.7 Å². The van der Waals surface area contributed by atoms with Crippen LogP contribution >= 0.6 is 0 Å². The van der Waals surface area contributed by atoms with E-state index in [2.05, 4.69) is 0 Å². The highest BCUT2D eigenvalue weighted by Crippen LogP contribution is 2.27. The first-order chi connectivity index (χ1) is 14.1. The fourth-order valence-corrected chi connectivity index (χ4v) is 3.67. The maximum Gasteiger partial charge on any atom is 0.163 e. The summed E-state index contributed by atoms with van der Waals surface area (Å²) < 4.78 is 5.71. The van der Waals surface area contributed by atoms with Crippen molar-refractivity contribution in [2.75, 3.05) is 0 Å². The average molecular weight is 386 g/mol. The van der Waals surface area contributed by atoms with Gasteiger partial charge in [-0.1, -0.05) is 42.5 Å². The highest BCUT2D eigenvalue weighted by Gasteiger charge is 2.20. The molecule has 0 aliphatic heterocycles. The third-order valence-electron chi connectivity index (χ3n) is 5.27. The van der Waals surface area contributed by atoms with Gasteiger partial charge in [-0.2, -0.15) is 0 Å². The van der Waals surface area contributed by atoms with Crippen LogP contribution in [-0.2, 0) is 19.4 Å². The topological polar surface area (TPSA) is 63.6 Å². The highest BCUT2D eigenvalue weighted by molar-refractivity contribution is 6.01. The maximum absolute atomic E-state index is 11.6. The predicted octanol–water partition coefficient (Wildman–Crippen LogP) is 4.92. The number of fused-ring (bicyclic) bond motifs is 2. The van der Waals surface area contributed by atoms with Crippen LogP contribution in [0.3, 0.4) is 0 Å². The number of phenols is 1. The molecule has 0 saturated carbocycles. The number of hydrogen-bond donors (Lipinski definition) is 1. The molecule has 3 aromatic rings. The van der Waals surface area contributed by atoms with Crippen LogP contribution in [0.25, 0.3) is 0 Å². The van der Waals surface area contributed by atoms with Gasteiger partial charge in [-0.15, -0.1) is 0 Å². The van der Waals surface area contributed by atoms with Gasteiger partial charge in [0.15, 0.2) is 11.6 Å². The number of benzene rings is 3. The summed E-state index contributed by atoms with van der Waals surface area (Å²) in [6.45, 7) is 0.536. The second-order valence-corrected chi connectivity index (χ2v) is 7.28. The molecule has 2 aliphatic carbocycles. The number of carbonyl (C=O) groups is 2. The van der Waals surface area contributed by atoms with Crippen LogP contribution in [0.2, 0.25) is 0 Å². The van der Waals surface area contributed by atoms with E-state index in [9.17, 15) is 9.59 Å². The van der Waals surface area contributed by atoms with Crippen LogP contribution in [0.1, 0.15) is 50.2 Å². The molecule has 0 heterocycles. The van der Waals surface area contributed by atoms with Crippen molar-refractivity contribution in [3.05, 3.63) is 94.5 Å². The molecule has 3 aromatic carbocycles. The molecule has 0 spiro atoms. The van der Waals surface area contributed by atoms with E-state index < -0.39 is 0 Å². The third-order valence-corrected chi connectivity index (χ3v) is 5.27. The van der Waals surface area contributed by atoms with E-state index in [1.54, 1.807) is 12.1 Å². The number of Topliss-reactive ketones (excluding diaryl/α,β-unsaturated/α-hetero) is 2. The third kappa shape index (κ3) is 4.37. The molecule has 0 bridgehead atoms. The number of rotatable bonds is 3. The number of phenolic OH excluding ortho intramolecular Hbond substituents is 1. The summed E-state index contributed by atoms with van der Waals surface area (Å²) in [5.41, 5.74) is 4.87. The Morgan fingerprint density at radius 3 is 2.03 bits per heavy atom. The minimum absolute atomic E-state index is 0.149. The van der Waals surface area contributed by atoms with Crippen molar-refractivity contribution in [2.45, 2.75) is 32.3 Å². The second kappa shape index (κ2) is 8.31. The molecule has 4 heteroatoms. The van der Waals surface area contributed by atoms with Gasteiger partial charge in [-0.3, -0.25) is 9.59 Å². The quantitative estimate of drug-likeness (QED) is 0.694. The lowest BCUT2D eigenvalue weighted by Gasteiger charge is -2.07. The summed E-state index contributed by atoms with van der Waals surface area (Å²) in [6.07, 6.45) is 2.93. The Hall–Kier alpha value is -3.40. The van der Waals surface area contributed by atoms with E-state index in [4.69, 9.17) is 9.84 Å². The van der Waals surface area contributed by atoms with Crippen LogP contribution < -0.4 is 4.74 Å². The van der Waals surface area contributed by atoms with Crippen molar-refractivity contribution in [3.8, 4) is 11.5 Å². The normalized spacial score (nSPS) is 14.1. The van der Waals surface area contributed by atoms with Crippen molar-refractivity contribution in [1.29, 1.82) is 0 Å². The molecule has 5 rings (SSSR count). The summed E-state index contributed by atoms with van der Waals surface area (Å²) >= 11 is 0. The molecular formula is C25H22O4. The molecule has 2 aliphatic rings. The zero-order valence-corrected chi connectivity index (χ0v) is 16.1. The molecule has 1 N–H and O–H groups in total. The zero-order chi connectivity index (χ0) is 20.2. The average Bonchev–Trinajstić information content (AvgIpc) is 3.30. The van der Waals surface area contributed by atoms with Crippen molar-refractivity contribution >= 4 is 11.6 Å². The smallest absolute Gasteiger partial charge is 0.163 e. The van der Waals surface area contributed by atoms with Crippen molar-refractivity contribution in [1.82, 2.24) is 0 Å². The van der Waals surface area contributed by atoms with E-state index in [1.807, 2.05) is 54.6 Å². The van der Waals surface area contributed by atoms with Crippen molar-refractivity contribution in [3.63, 3.8) is 0 Å². The number of aryl methyl sites for hydroxylation is 2. The number of ether oxygens (including phenoxy) is 1. The Kier molecular flexibility index (Phi) is 5.43. The van der Waals surface area contributed by atoms with E-state index in [0.717, 1.165) is 40.8 Å². The van der Waals surface area contributed by atoms with Gasteiger partial charge in [0.05, 0.1) is 0 Å². The number of aromatic hydroxyl groups is 1. The maximum atomic E-state index is 11.6. The van der Waals surface area contributed by atoms with Gasteiger partial charge in [0, 0.05) is 24.0 Å². The Balaban J connectivity index is 0.000000159. The van der Waals surface area contributed by atoms with E-state index in [0.29, 0.717) is 25.0 Å². The Bertz CT molecular complexity index is 1050. The number of hydrogen-bond acceptors (Lipinski definition) is 4. The molecule has 0 saturated heterocycles. The van der Waals surface area contributed by atoms with Gasteiger partial charge in [-0.05, 0) is 53.8 Å². The fourth-order valence-electron chi connectivity index (χ4n) is 3.67. The fraction of sp³-hybridized carbons (Fsp3) is 0.200. The standard InChI is InChI=1S/C16H14O2.C9H8O2/c17-16-9-7-13-6-8-14(10-15(13)16)18-11-12-4-2-1-3-5-12;10-7-3-1-6-2-4-9(11)8(6)5-7/h1-6,8,10H,7,9,11H2;1,3,5,10H,2,4H2. The first kappa shape index (κ1) is 18.9. The summed E-state index contributed by atoms with van der Waals surface area (Å²) in [5, 5.41) is 9.06. The Morgan fingerprint density at radius 1 is 0.724 bits per heavy atom. The molecular weight excluding hydrogens is 364 g/mol. The summed E-state index contributed by atoms with van der Waals surface area (Å²) in [7, 11) is 0. The lowest BCUT2D eigenvalue weighted by Crippen LogP contribution is -1.97. The van der Waals surface area contributed by atoms with Gasteiger partial charge in [0.25, 0.3) is 0 Å². The van der Waals surface area contributed by atoms with Crippen molar-refractivity contribution in [2.24, 2.45) is 0 Å². The minimum Gasteiger partial charge on any atom is -0.508 e. The summed E-state index contributed by atoms with van der Waals surface area (Å²) in [5.74, 6) is 1.33. The van der Waals surface area contributed by atoms with Gasteiger partial charge in [0.1, 0.15) is 18.1 Å². The second-order valence-electron chi connectivity index (χ2n) is 7.28. The first-order valence-corrected chi connectivity index (χ1v) is 9.78. The Morgan fingerprint density at radius 2 is 1.34 bits per heavy atom. The highest BCUT2D eigenvalue weighted by atomic mass is 16.5. The molecule has 29 heavy (non-hydrogen) atoms. The largest absolute Gasteiger partial charge is 0.508 e. The Labute approximate surface area is 169 Å². The van der Waals surface area contributed by atoms with Gasteiger partial charge in [-0.25, -0.2) is 0 Å². The van der Waals surface area contributed by atoms with Crippen LogP contribution in [0.5, 0.6) is 11.5 Å². The minimum atomic E-state index is 0.149. The van der Waals surface area contributed by atoms with Crippen LogP contribution in [0, 0.1) is 0 Å².